The Morgan fingerprint density at radius 1 is 1.15 bits per heavy atom. The van der Waals surface area contributed by atoms with Crippen molar-refractivity contribution >= 4 is 17.8 Å². The minimum atomic E-state index is 0.429. The molecule has 1 N–H and O–H groups in total. The summed E-state index contributed by atoms with van der Waals surface area (Å²) in [5, 5.41) is 3.18. The van der Waals surface area contributed by atoms with E-state index in [-0.39, 0.29) is 0 Å². The predicted octanol–water partition coefficient (Wildman–Crippen LogP) is 2.00. The van der Waals surface area contributed by atoms with Crippen molar-refractivity contribution in [3.8, 4) is 0 Å². The van der Waals surface area contributed by atoms with Crippen molar-refractivity contribution in [2.24, 2.45) is 5.41 Å². The van der Waals surface area contributed by atoms with Gasteiger partial charge in [0.2, 0.25) is 17.8 Å². The van der Waals surface area contributed by atoms with Crippen LogP contribution in [0.1, 0.15) is 33.6 Å². The molecule has 2 heterocycles. The first-order valence-electron chi connectivity index (χ1n) is 7.33. The monoisotopic (exact) mass is 278 g/mol. The van der Waals surface area contributed by atoms with Gasteiger partial charge in [0.1, 0.15) is 0 Å². The Labute approximate surface area is 121 Å². The Morgan fingerprint density at radius 2 is 1.80 bits per heavy atom. The summed E-state index contributed by atoms with van der Waals surface area (Å²) >= 11 is 0. The molecule has 0 bridgehead atoms. The van der Waals surface area contributed by atoms with Gasteiger partial charge >= 0.3 is 0 Å². The van der Waals surface area contributed by atoms with E-state index in [2.05, 4.69) is 39.0 Å². The molecule has 1 aliphatic heterocycles. The highest BCUT2D eigenvalue weighted by atomic mass is 15.3. The first kappa shape index (κ1) is 14.8. The molecule has 0 aromatic carbocycles. The Kier molecular flexibility index (Phi) is 4.30. The van der Waals surface area contributed by atoms with Gasteiger partial charge in [0.25, 0.3) is 0 Å². The summed E-state index contributed by atoms with van der Waals surface area (Å²) in [4.78, 5) is 17.7. The lowest BCUT2D eigenvalue weighted by Gasteiger charge is -2.37. The van der Waals surface area contributed by atoms with Crippen molar-refractivity contribution in [1.82, 2.24) is 15.0 Å². The first-order valence-corrected chi connectivity index (χ1v) is 7.33. The van der Waals surface area contributed by atoms with Crippen LogP contribution in [-0.4, -0.2) is 48.7 Å². The number of nitrogens with one attached hydrogen (secondary N) is 1. The second kappa shape index (κ2) is 5.81. The SMILES string of the molecule is CCNc1nc(N(C)C)nc(N2CCC(C)(C)CC2)n1. The molecule has 0 spiro atoms. The van der Waals surface area contributed by atoms with Gasteiger partial charge in [0.15, 0.2) is 0 Å². The number of hydrogen-bond donors (Lipinski definition) is 1. The van der Waals surface area contributed by atoms with Gasteiger partial charge in [-0.1, -0.05) is 13.8 Å². The second-order valence-electron chi connectivity index (χ2n) is 6.34. The highest BCUT2D eigenvalue weighted by Crippen LogP contribution is 2.31. The number of rotatable bonds is 4. The molecule has 1 fully saturated rings. The van der Waals surface area contributed by atoms with Crippen LogP contribution in [0.3, 0.4) is 0 Å². The number of piperidine rings is 1. The van der Waals surface area contributed by atoms with E-state index in [0.29, 0.717) is 17.3 Å². The van der Waals surface area contributed by atoms with Crippen molar-refractivity contribution < 1.29 is 0 Å². The maximum Gasteiger partial charge on any atom is 0.231 e. The van der Waals surface area contributed by atoms with E-state index in [4.69, 9.17) is 0 Å². The summed E-state index contributed by atoms with van der Waals surface area (Å²) in [6.07, 6.45) is 2.35. The van der Waals surface area contributed by atoms with Gasteiger partial charge in [0.05, 0.1) is 0 Å². The summed E-state index contributed by atoms with van der Waals surface area (Å²) in [5.41, 5.74) is 0.429. The normalized spacial score (nSPS) is 17.9. The topological polar surface area (TPSA) is 57.2 Å². The smallest absolute Gasteiger partial charge is 0.231 e. The zero-order valence-corrected chi connectivity index (χ0v) is 13.3. The van der Waals surface area contributed by atoms with E-state index in [9.17, 15) is 0 Å². The number of aromatic nitrogens is 3. The molecule has 0 unspecified atom stereocenters. The molecule has 20 heavy (non-hydrogen) atoms. The highest BCUT2D eigenvalue weighted by molar-refractivity contribution is 5.44. The number of hydrogen-bond acceptors (Lipinski definition) is 6. The molecule has 0 aliphatic carbocycles. The lowest BCUT2D eigenvalue weighted by atomic mass is 9.83. The Bertz CT molecular complexity index is 447. The second-order valence-corrected chi connectivity index (χ2v) is 6.34. The lowest BCUT2D eigenvalue weighted by Crippen LogP contribution is -2.38. The molecule has 1 aliphatic rings. The van der Waals surface area contributed by atoms with E-state index >= 15 is 0 Å². The molecular weight excluding hydrogens is 252 g/mol. The van der Waals surface area contributed by atoms with E-state index < -0.39 is 0 Å². The maximum absolute atomic E-state index is 4.58. The molecule has 1 aromatic heterocycles. The van der Waals surface area contributed by atoms with Crippen molar-refractivity contribution in [2.45, 2.75) is 33.6 Å². The Balaban J connectivity index is 2.22. The van der Waals surface area contributed by atoms with Gasteiger partial charge in [-0.2, -0.15) is 15.0 Å². The molecule has 1 aromatic rings. The molecule has 0 atom stereocenters. The van der Waals surface area contributed by atoms with Crippen molar-refractivity contribution in [3.63, 3.8) is 0 Å². The minimum absolute atomic E-state index is 0.429. The van der Waals surface area contributed by atoms with Crippen LogP contribution in [0.5, 0.6) is 0 Å². The molecule has 6 heteroatoms. The molecule has 1 saturated heterocycles. The van der Waals surface area contributed by atoms with Crippen LogP contribution in [0.25, 0.3) is 0 Å². The quantitative estimate of drug-likeness (QED) is 0.909. The molecular formula is C14H26N6. The van der Waals surface area contributed by atoms with E-state index in [1.165, 1.54) is 12.8 Å². The number of nitrogens with zero attached hydrogens (tertiary/aromatic N) is 5. The van der Waals surface area contributed by atoms with Crippen molar-refractivity contribution in [3.05, 3.63) is 0 Å². The molecule has 0 amide bonds. The van der Waals surface area contributed by atoms with Crippen LogP contribution in [0, 0.1) is 5.41 Å². The van der Waals surface area contributed by atoms with Gasteiger partial charge in [-0.05, 0) is 25.2 Å². The third-order valence-electron chi connectivity index (χ3n) is 3.75. The Morgan fingerprint density at radius 3 is 2.35 bits per heavy atom. The van der Waals surface area contributed by atoms with Crippen molar-refractivity contribution in [1.29, 1.82) is 0 Å². The van der Waals surface area contributed by atoms with Crippen LogP contribution < -0.4 is 15.1 Å². The summed E-state index contributed by atoms with van der Waals surface area (Å²) in [6.45, 7) is 9.52. The molecule has 2 rings (SSSR count). The molecule has 6 nitrogen and oxygen atoms in total. The highest BCUT2D eigenvalue weighted by Gasteiger charge is 2.27. The lowest BCUT2D eigenvalue weighted by molar-refractivity contribution is 0.278. The van der Waals surface area contributed by atoms with Crippen LogP contribution in [-0.2, 0) is 0 Å². The average Bonchev–Trinajstić information content (AvgIpc) is 2.38. The molecule has 112 valence electrons. The van der Waals surface area contributed by atoms with E-state index in [1.54, 1.807) is 0 Å². The maximum atomic E-state index is 4.58. The third kappa shape index (κ3) is 3.49. The average molecular weight is 278 g/mol. The molecule has 0 radical (unpaired) electrons. The van der Waals surface area contributed by atoms with Crippen LogP contribution in [0.4, 0.5) is 17.8 Å². The summed E-state index contributed by atoms with van der Waals surface area (Å²) < 4.78 is 0. The summed E-state index contributed by atoms with van der Waals surface area (Å²) in [7, 11) is 3.91. The van der Waals surface area contributed by atoms with E-state index in [1.807, 2.05) is 25.9 Å². The molecule has 0 saturated carbocycles. The number of anilines is 3. The summed E-state index contributed by atoms with van der Waals surface area (Å²) in [5.74, 6) is 2.15. The van der Waals surface area contributed by atoms with E-state index in [0.717, 1.165) is 25.6 Å². The Hall–Kier alpha value is -1.59. The van der Waals surface area contributed by atoms with Gasteiger partial charge in [-0.15, -0.1) is 0 Å². The standard InChI is InChI=1S/C14H26N6/c1-6-15-11-16-12(19(4)5)18-13(17-11)20-9-7-14(2,3)8-10-20/h6-10H2,1-5H3,(H,15,16,17,18). The van der Waals surface area contributed by atoms with Crippen LogP contribution >= 0.6 is 0 Å². The fraction of sp³-hybridized carbons (Fsp3) is 0.786. The largest absolute Gasteiger partial charge is 0.354 e. The van der Waals surface area contributed by atoms with Gasteiger partial charge < -0.3 is 15.1 Å². The zero-order valence-electron chi connectivity index (χ0n) is 13.3. The van der Waals surface area contributed by atoms with Crippen LogP contribution in [0.15, 0.2) is 0 Å². The summed E-state index contributed by atoms with van der Waals surface area (Å²) in [6, 6.07) is 0. The first-order chi connectivity index (χ1) is 9.41. The fourth-order valence-electron chi connectivity index (χ4n) is 2.24. The van der Waals surface area contributed by atoms with Crippen molar-refractivity contribution in [2.75, 3.05) is 48.8 Å². The predicted molar refractivity (Wildman–Crippen MR) is 83.5 cm³/mol. The zero-order chi connectivity index (χ0) is 14.8. The van der Waals surface area contributed by atoms with Gasteiger partial charge in [-0.25, -0.2) is 0 Å². The van der Waals surface area contributed by atoms with Gasteiger partial charge in [-0.3, -0.25) is 0 Å². The van der Waals surface area contributed by atoms with Crippen LogP contribution in [0.2, 0.25) is 0 Å². The minimum Gasteiger partial charge on any atom is -0.354 e. The third-order valence-corrected chi connectivity index (χ3v) is 3.75. The van der Waals surface area contributed by atoms with Gasteiger partial charge in [0, 0.05) is 33.7 Å². The fourth-order valence-corrected chi connectivity index (χ4v) is 2.24.